The Bertz CT molecular complexity index is 271. The molecule has 0 aromatic heterocycles. The maximum absolute atomic E-state index is 10.6. The zero-order chi connectivity index (χ0) is 9.90. The van der Waals surface area contributed by atoms with Crippen molar-refractivity contribution in [2.75, 3.05) is 25.8 Å². The second kappa shape index (κ2) is 4.05. The fourth-order valence-electron chi connectivity index (χ4n) is 1.17. The summed E-state index contributed by atoms with van der Waals surface area (Å²) in [6.45, 7) is 5.32. The number of amidine groups is 1. The minimum atomic E-state index is -3.89. The summed E-state index contributed by atoms with van der Waals surface area (Å²) in [5.74, 6) is 0.730. The molecule has 0 spiro atoms. The van der Waals surface area contributed by atoms with E-state index in [1.165, 1.54) is 0 Å². The van der Waals surface area contributed by atoms with Gasteiger partial charge in [-0.05, 0) is 6.08 Å². The van der Waals surface area contributed by atoms with Crippen LogP contribution in [0.3, 0.4) is 0 Å². The molecule has 5 nitrogen and oxygen atoms in total. The van der Waals surface area contributed by atoms with Crippen LogP contribution < -0.4 is 0 Å². The molecule has 0 bridgehead atoms. The van der Waals surface area contributed by atoms with Gasteiger partial charge < -0.3 is 14.7 Å². The third-order valence-corrected chi connectivity index (χ3v) is 2.59. The van der Waals surface area contributed by atoms with Gasteiger partial charge in [0.2, 0.25) is 0 Å². The third-order valence-electron chi connectivity index (χ3n) is 1.81. The summed E-state index contributed by atoms with van der Waals surface area (Å²) >= 11 is 0. The Balaban J connectivity index is 2.43. The van der Waals surface area contributed by atoms with Gasteiger partial charge >= 0.3 is 7.60 Å². The average Bonchev–Trinajstić information content (AvgIpc) is 2.46. The molecule has 2 N–H and O–H groups in total. The minimum absolute atomic E-state index is 0.125. The van der Waals surface area contributed by atoms with E-state index in [4.69, 9.17) is 9.79 Å². The lowest BCUT2D eigenvalue weighted by molar-refractivity contribution is 0.363. The highest BCUT2D eigenvalue weighted by atomic mass is 31.2. The monoisotopic (exact) mass is 204 g/mol. The van der Waals surface area contributed by atoms with Crippen molar-refractivity contribution in [1.82, 2.24) is 4.90 Å². The summed E-state index contributed by atoms with van der Waals surface area (Å²) < 4.78 is 10.6. The molecule has 0 saturated heterocycles. The van der Waals surface area contributed by atoms with E-state index < -0.39 is 7.60 Å². The summed E-state index contributed by atoms with van der Waals surface area (Å²) in [6, 6.07) is 0. The predicted octanol–water partition coefficient (Wildman–Crippen LogP) is 0.0642. The number of aliphatic imine (C=N–C) groups is 1. The van der Waals surface area contributed by atoms with Gasteiger partial charge in [0.25, 0.3) is 0 Å². The van der Waals surface area contributed by atoms with Gasteiger partial charge in [0, 0.05) is 13.1 Å². The Morgan fingerprint density at radius 2 is 2.38 bits per heavy atom. The van der Waals surface area contributed by atoms with Gasteiger partial charge in [0.05, 0.1) is 12.7 Å². The first-order valence-electron chi connectivity index (χ1n) is 3.99. The highest BCUT2D eigenvalue weighted by molar-refractivity contribution is 7.51. The van der Waals surface area contributed by atoms with Crippen molar-refractivity contribution in [3.05, 3.63) is 12.7 Å². The first-order chi connectivity index (χ1) is 6.03. The molecule has 13 heavy (non-hydrogen) atoms. The summed E-state index contributed by atoms with van der Waals surface area (Å²) in [5.41, 5.74) is 0. The number of rotatable bonds is 4. The van der Waals surface area contributed by atoms with Crippen LogP contribution in [-0.4, -0.2) is 46.3 Å². The molecule has 0 aromatic rings. The van der Waals surface area contributed by atoms with E-state index in [0.717, 1.165) is 12.4 Å². The normalized spacial score (nSPS) is 17.4. The lowest BCUT2D eigenvalue weighted by Gasteiger charge is -2.18. The largest absolute Gasteiger partial charge is 0.354 e. The first kappa shape index (κ1) is 10.4. The molecule has 0 aromatic carbocycles. The minimum Gasteiger partial charge on any atom is -0.354 e. The fourth-order valence-corrected chi connectivity index (χ4v) is 1.67. The highest BCUT2D eigenvalue weighted by Crippen LogP contribution is 2.33. The third kappa shape index (κ3) is 3.30. The molecule has 0 fully saturated rings. The molecule has 1 rings (SSSR count). The van der Waals surface area contributed by atoms with E-state index in [1.54, 1.807) is 6.08 Å². The van der Waals surface area contributed by atoms with E-state index in [-0.39, 0.29) is 6.16 Å². The summed E-state index contributed by atoms with van der Waals surface area (Å²) in [6.07, 6.45) is 1.48. The molecule has 0 amide bonds. The van der Waals surface area contributed by atoms with Gasteiger partial charge in [-0.2, -0.15) is 0 Å². The Hall–Kier alpha value is -0.640. The van der Waals surface area contributed by atoms with Crippen molar-refractivity contribution in [3.8, 4) is 0 Å². The molecule has 0 aliphatic carbocycles. The molecule has 0 atom stereocenters. The molecule has 1 heterocycles. The van der Waals surface area contributed by atoms with Gasteiger partial charge in [-0.15, -0.1) is 0 Å². The second-order valence-corrected chi connectivity index (χ2v) is 4.60. The van der Waals surface area contributed by atoms with E-state index in [2.05, 4.69) is 11.6 Å². The number of hydrogen-bond donors (Lipinski definition) is 2. The van der Waals surface area contributed by atoms with Crippen molar-refractivity contribution >= 4 is 13.4 Å². The summed E-state index contributed by atoms with van der Waals surface area (Å²) in [5, 5.41) is 0. The molecule has 0 saturated carbocycles. The van der Waals surface area contributed by atoms with Crippen molar-refractivity contribution in [3.63, 3.8) is 0 Å². The van der Waals surface area contributed by atoms with Gasteiger partial charge in [-0.1, -0.05) is 6.58 Å². The van der Waals surface area contributed by atoms with E-state index in [1.807, 2.05) is 4.90 Å². The zero-order valence-corrected chi connectivity index (χ0v) is 8.15. The van der Waals surface area contributed by atoms with E-state index >= 15 is 0 Å². The Morgan fingerprint density at radius 1 is 1.69 bits per heavy atom. The second-order valence-electron chi connectivity index (χ2n) is 2.82. The van der Waals surface area contributed by atoms with Gasteiger partial charge in [0.15, 0.2) is 0 Å². The Morgan fingerprint density at radius 3 is 2.92 bits per heavy atom. The maximum Gasteiger partial charge on any atom is 0.327 e. The topological polar surface area (TPSA) is 73.1 Å². The lowest BCUT2D eigenvalue weighted by Crippen LogP contribution is -2.29. The average molecular weight is 204 g/mol. The molecule has 74 valence electrons. The van der Waals surface area contributed by atoms with Crippen molar-refractivity contribution in [2.45, 2.75) is 0 Å². The highest BCUT2D eigenvalue weighted by Gasteiger charge is 2.19. The molecule has 6 heteroatoms. The van der Waals surface area contributed by atoms with Crippen LogP contribution in [0.4, 0.5) is 0 Å². The van der Waals surface area contributed by atoms with Crippen molar-refractivity contribution in [1.29, 1.82) is 0 Å². The van der Waals surface area contributed by atoms with Crippen LogP contribution in [0.25, 0.3) is 0 Å². The molecule has 1 aliphatic heterocycles. The molecular weight excluding hydrogens is 191 g/mol. The van der Waals surface area contributed by atoms with Crippen LogP contribution in [0.2, 0.25) is 0 Å². The van der Waals surface area contributed by atoms with Crippen LogP contribution in [0, 0.1) is 0 Å². The Labute approximate surface area is 76.9 Å². The first-order valence-corrected chi connectivity index (χ1v) is 5.79. The summed E-state index contributed by atoms with van der Waals surface area (Å²) in [7, 11) is -3.89. The predicted molar refractivity (Wildman–Crippen MR) is 51.0 cm³/mol. The van der Waals surface area contributed by atoms with Crippen molar-refractivity contribution in [2.24, 2.45) is 4.99 Å². The van der Waals surface area contributed by atoms with Crippen molar-refractivity contribution < 1.29 is 14.4 Å². The lowest BCUT2D eigenvalue weighted by atomic mass is 10.5. The maximum atomic E-state index is 10.6. The molecule has 0 radical (unpaired) electrons. The quantitative estimate of drug-likeness (QED) is 0.635. The van der Waals surface area contributed by atoms with Gasteiger partial charge in [-0.3, -0.25) is 9.56 Å². The Kier molecular flexibility index (Phi) is 3.25. The zero-order valence-electron chi connectivity index (χ0n) is 7.26. The summed E-state index contributed by atoms with van der Waals surface area (Å²) in [4.78, 5) is 23.2. The van der Waals surface area contributed by atoms with Gasteiger partial charge in [0.1, 0.15) is 5.84 Å². The van der Waals surface area contributed by atoms with E-state index in [9.17, 15) is 4.57 Å². The van der Waals surface area contributed by atoms with Gasteiger partial charge in [-0.25, -0.2) is 0 Å². The molecule has 0 unspecified atom stereocenters. The fraction of sp³-hybridized carbons (Fsp3) is 0.571. The molecular formula is C7H13N2O3P. The smallest absolute Gasteiger partial charge is 0.327 e. The standard InChI is InChI=1S/C7H13N2O3P/c1-2-7-8-3-4-9(7)5-6-13(10,11)12/h2H,1,3-6H2,(H2,10,11,12). The van der Waals surface area contributed by atoms with Crippen LogP contribution in [0.5, 0.6) is 0 Å². The van der Waals surface area contributed by atoms with Crippen LogP contribution in [0.15, 0.2) is 17.6 Å². The number of hydrogen-bond acceptors (Lipinski definition) is 3. The van der Waals surface area contributed by atoms with E-state index in [0.29, 0.717) is 13.1 Å². The van der Waals surface area contributed by atoms with Crippen LogP contribution in [0.1, 0.15) is 0 Å². The number of nitrogens with zero attached hydrogens (tertiary/aromatic N) is 2. The molecule has 1 aliphatic rings. The SMILES string of the molecule is C=CC1=NCCN1CCP(=O)(O)O. The van der Waals surface area contributed by atoms with Crippen LogP contribution >= 0.6 is 7.60 Å². The van der Waals surface area contributed by atoms with Crippen LogP contribution in [-0.2, 0) is 4.57 Å².